The normalized spacial score (nSPS) is 19.2. The number of amides is 1. The maximum Gasteiger partial charge on any atom is 0.255 e. The number of halogens is 1. The SMILES string of the molecule is CC1CCCN(C(=O)c2cc(OC(C)C)ccc2Br)C1. The van der Waals surface area contributed by atoms with E-state index in [1.54, 1.807) is 0 Å². The number of nitrogens with zero attached hydrogens (tertiary/aromatic N) is 1. The molecule has 1 atom stereocenters. The average molecular weight is 340 g/mol. The fraction of sp³-hybridized carbons (Fsp3) is 0.562. The number of hydrogen-bond acceptors (Lipinski definition) is 2. The second-order valence-corrected chi connectivity index (χ2v) is 6.66. The second-order valence-electron chi connectivity index (χ2n) is 5.81. The van der Waals surface area contributed by atoms with E-state index in [-0.39, 0.29) is 12.0 Å². The largest absolute Gasteiger partial charge is 0.491 e. The highest BCUT2D eigenvalue weighted by Gasteiger charge is 2.23. The standard InChI is InChI=1S/C16H22BrNO2/c1-11(2)20-13-6-7-15(17)14(9-13)16(19)18-8-4-5-12(3)10-18/h6-7,9,11-12H,4-5,8,10H2,1-3H3. The highest BCUT2D eigenvalue weighted by molar-refractivity contribution is 9.10. The van der Waals surface area contributed by atoms with Crippen molar-refractivity contribution in [3.8, 4) is 5.75 Å². The van der Waals surface area contributed by atoms with E-state index in [0.29, 0.717) is 11.5 Å². The average Bonchev–Trinajstić information content (AvgIpc) is 2.39. The lowest BCUT2D eigenvalue weighted by atomic mass is 9.99. The molecule has 0 aromatic heterocycles. The number of likely N-dealkylation sites (tertiary alicyclic amines) is 1. The number of piperidine rings is 1. The van der Waals surface area contributed by atoms with Gasteiger partial charge in [0.2, 0.25) is 0 Å². The topological polar surface area (TPSA) is 29.5 Å². The summed E-state index contributed by atoms with van der Waals surface area (Å²) in [5, 5.41) is 0. The van der Waals surface area contributed by atoms with Crippen LogP contribution in [0.3, 0.4) is 0 Å². The predicted octanol–water partition coefficient (Wildman–Crippen LogP) is 4.11. The van der Waals surface area contributed by atoms with Gasteiger partial charge in [-0.1, -0.05) is 6.92 Å². The van der Waals surface area contributed by atoms with Crippen LogP contribution in [0.4, 0.5) is 0 Å². The molecule has 1 aromatic rings. The number of rotatable bonds is 3. The molecule has 0 bridgehead atoms. The highest BCUT2D eigenvalue weighted by Crippen LogP contribution is 2.26. The minimum Gasteiger partial charge on any atom is -0.491 e. The maximum atomic E-state index is 12.6. The summed E-state index contributed by atoms with van der Waals surface area (Å²) >= 11 is 3.48. The highest BCUT2D eigenvalue weighted by atomic mass is 79.9. The van der Waals surface area contributed by atoms with Crippen molar-refractivity contribution in [2.24, 2.45) is 5.92 Å². The van der Waals surface area contributed by atoms with Gasteiger partial charge in [-0.2, -0.15) is 0 Å². The van der Waals surface area contributed by atoms with Crippen molar-refractivity contribution in [2.75, 3.05) is 13.1 Å². The number of benzene rings is 1. The van der Waals surface area contributed by atoms with E-state index in [9.17, 15) is 4.79 Å². The Balaban J connectivity index is 2.19. The Kier molecular flexibility index (Phi) is 5.08. The van der Waals surface area contributed by atoms with Crippen molar-refractivity contribution < 1.29 is 9.53 Å². The first-order chi connectivity index (χ1) is 9.47. The van der Waals surface area contributed by atoms with Gasteiger partial charge in [-0.3, -0.25) is 4.79 Å². The fourth-order valence-electron chi connectivity index (χ4n) is 2.56. The molecule has 1 amide bonds. The van der Waals surface area contributed by atoms with Crippen LogP contribution in [-0.2, 0) is 0 Å². The molecule has 1 heterocycles. The van der Waals surface area contributed by atoms with Gasteiger partial charge < -0.3 is 9.64 Å². The molecular weight excluding hydrogens is 318 g/mol. The van der Waals surface area contributed by atoms with E-state index in [4.69, 9.17) is 4.74 Å². The first-order valence-corrected chi connectivity index (χ1v) is 8.02. The van der Waals surface area contributed by atoms with Crippen molar-refractivity contribution in [3.63, 3.8) is 0 Å². The zero-order chi connectivity index (χ0) is 14.7. The Hall–Kier alpha value is -1.03. The first-order valence-electron chi connectivity index (χ1n) is 7.23. The van der Waals surface area contributed by atoms with E-state index < -0.39 is 0 Å². The van der Waals surface area contributed by atoms with Crippen molar-refractivity contribution in [1.82, 2.24) is 4.90 Å². The van der Waals surface area contributed by atoms with Crippen LogP contribution in [0.2, 0.25) is 0 Å². The fourth-order valence-corrected chi connectivity index (χ4v) is 2.97. The summed E-state index contributed by atoms with van der Waals surface area (Å²) in [5.74, 6) is 1.43. The van der Waals surface area contributed by atoms with Gasteiger partial charge in [-0.05, 0) is 66.7 Å². The van der Waals surface area contributed by atoms with Crippen LogP contribution < -0.4 is 4.74 Å². The van der Waals surface area contributed by atoms with Crippen molar-refractivity contribution in [3.05, 3.63) is 28.2 Å². The van der Waals surface area contributed by atoms with Crippen LogP contribution >= 0.6 is 15.9 Å². The van der Waals surface area contributed by atoms with Crippen molar-refractivity contribution >= 4 is 21.8 Å². The molecule has 4 heteroatoms. The molecule has 1 fully saturated rings. The molecule has 1 unspecified atom stereocenters. The van der Waals surface area contributed by atoms with E-state index in [0.717, 1.165) is 29.7 Å². The van der Waals surface area contributed by atoms with Gasteiger partial charge in [0.05, 0.1) is 11.7 Å². The summed E-state index contributed by atoms with van der Waals surface area (Å²) in [6, 6.07) is 5.61. The quantitative estimate of drug-likeness (QED) is 0.829. The van der Waals surface area contributed by atoms with Gasteiger partial charge in [0.15, 0.2) is 0 Å². The predicted molar refractivity (Wildman–Crippen MR) is 84.2 cm³/mol. The van der Waals surface area contributed by atoms with Gasteiger partial charge in [-0.25, -0.2) is 0 Å². The minimum absolute atomic E-state index is 0.0950. The van der Waals surface area contributed by atoms with E-state index in [2.05, 4.69) is 22.9 Å². The zero-order valence-corrected chi connectivity index (χ0v) is 13.9. The third kappa shape index (κ3) is 3.75. The molecule has 1 aliphatic rings. The monoisotopic (exact) mass is 339 g/mol. The smallest absolute Gasteiger partial charge is 0.255 e. The van der Waals surface area contributed by atoms with Crippen LogP contribution in [0, 0.1) is 5.92 Å². The lowest BCUT2D eigenvalue weighted by Gasteiger charge is -2.31. The Morgan fingerprint density at radius 2 is 2.20 bits per heavy atom. The molecule has 2 rings (SSSR count). The Morgan fingerprint density at radius 1 is 1.45 bits per heavy atom. The molecule has 1 aromatic carbocycles. The van der Waals surface area contributed by atoms with Crippen LogP contribution in [0.15, 0.2) is 22.7 Å². The summed E-state index contributed by atoms with van der Waals surface area (Å²) < 4.78 is 6.51. The Labute approximate surface area is 129 Å². The summed E-state index contributed by atoms with van der Waals surface area (Å²) in [6.07, 6.45) is 2.41. The first kappa shape index (κ1) is 15.4. The summed E-state index contributed by atoms with van der Waals surface area (Å²) in [5.41, 5.74) is 0.692. The molecule has 1 saturated heterocycles. The van der Waals surface area contributed by atoms with Crippen LogP contribution in [0.25, 0.3) is 0 Å². The van der Waals surface area contributed by atoms with Gasteiger partial charge in [0.25, 0.3) is 5.91 Å². The molecular formula is C16H22BrNO2. The summed E-state index contributed by atoms with van der Waals surface area (Å²) in [6.45, 7) is 7.86. The number of ether oxygens (including phenoxy) is 1. The molecule has 0 saturated carbocycles. The Bertz CT molecular complexity index is 487. The third-order valence-corrected chi connectivity index (χ3v) is 4.18. The second kappa shape index (κ2) is 6.61. The Morgan fingerprint density at radius 3 is 2.85 bits per heavy atom. The van der Waals surface area contributed by atoms with Gasteiger partial charge in [0, 0.05) is 17.6 Å². The van der Waals surface area contributed by atoms with E-state index in [1.807, 2.05) is 36.9 Å². The molecule has 0 spiro atoms. The van der Waals surface area contributed by atoms with Crippen LogP contribution in [0.1, 0.15) is 44.0 Å². The number of hydrogen-bond donors (Lipinski definition) is 0. The van der Waals surface area contributed by atoms with Crippen LogP contribution in [-0.4, -0.2) is 30.0 Å². The maximum absolute atomic E-state index is 12.6. The van der Waals surface area contributed by atoms with Crippen molar-refractivity contribution in [1.29, 1.82) is 0 Å². The lowest BCUT2D eigenvalue weighted by Crippen LogP contribution is -2.39. The van der Waals surface area contributed by atoms with Gasteiger partial charge in [0.1, 0.15) is 5.75 Å². The number of carbonyl (C=O) groups excluding carboxylic acids is 1. The summed E-state index contributed by atoms with van der Waals surface area (Å²) in [7, 11) is 0. The zero-order valence-electron chi connectivity index (χ0n) is 12.4. The summed E-state index contributed by atoms with van der Waals surface area (Å²) in [4.78, 5) is 14.6. The number of carbonyl (C=O) groups is 1. The minimum atomic E-state index is 0.0950. The van der Waals surface area contributed by atoms with Gasteiger partial charge in [-0.15, -0.1) is 0 Å². The van der Waals surface area contributed by atoms with Gasteiger partial charge >= 0.3 is 0 Å². The van der Waals surface area contributed by atoms with Crippen LogP contribution in [0.5, 0.6) is 5.75 Å². The molecule has 0 radical (unpaired) electrons. The lowest BCUT2D eigenvalue weighted by molar-refractivity contribution is 0.0681. The van der Waals surface area contributed by atoms with Crippen molar-refractivity contribution in [2.45, 2.75) is 39.7 Å². The molecule has 0 aliphatic carbocycles. The molecule has 110 valence electrons. The molecule has 0 N–H and O–H groups in total. The molecule has 20 heavy (non-hydrogen) atoms. The third-order valence-electron chi connectivity index (χ3n) is 3.48. The molecule has 3 nitrogen and oxygen atoms in total. The van der Waals surface area contributed by atoms with E-state index >= 15 is 0 Å². The van der Waals surface area contributed by atoms with E-state index in [1.165, 1.54) is 6.42 Å². The molecule has 1 aliphatic heterocycles.